The summed E-state index contributed by atoms with van der Waals surface area (Å²) in [6.07, 6.45) is 42.6. The highest BCUT2D eigenvalue weighted by Crippen LogP contribution is 2.38. The molecule has 11 nitrogen and oxygen atoms in total. The van der Waals surface area contributed by atoms with Crippen molar-refractivity contribution in [2.24, 2.45) is 0 Å². The molecule has 0 rings (SSSR count). The monoisotopic (exact) mass is 864 g/mol. The van der Waals surface area contributed by atoms with Crippen LogP contribution >= 0.6 is 7.82 Å². The lowest BCUT2D eigenvalue weighted by Gasteiger charge is -2.28. The van der Waals surface area contributed by atoms with E-state index in [4.69, 9.17) is 18.5 Å². The molecule has 344 valence electrons. The van der Waals surface area contributed by atoms with Crippen molar-refractivity contribution in [1.29, 1.82) is 0 Å². The van der Waals surface area contributed by atoms with Crippen LogP contribution in [0, 0.1) is 0 Å². The first-order chi connectivity index (χ1) is 28.8. The number of likely N-dealkylation sites (N-methyl/N-ethyl adjacent to an activating group) is 1. The molecule has 12 heteroatoms. The number of nitrogens with zero attached hydrogens (tertiary/aromatic N) is 1. The number of ether oxygens (including phenoxy) is 2. The molecular formula is C48H82NO10P. The van der Waals surface area contributed by atoms with Crippen LogP contribution in [0.2, 0.25) is 0 Å². The second-order valence-electron chi connectivity index (χ2n) is 16.1. The van der Waals surface area contributed by atoms with Gasteiger partial charge in [0, 0.05) is 12.8 Å². The second kappa shape index (κ2) is 39.0. The van der Waals surface area contributed by atoms with Gasteiger partial charge in [-0.05, 0) is 64.2 Å². The fourth-order valence-electron chi connectivity index (χ4n) is 5.51. The molecule has 0 amide bonds. The number of aliphatic hydroxyl groups excluding tert-OH is 2. The summed E-state index contributed by atoms with van der Waals surface area (Å²) in [5.74, 6) is -1.04. The SMILES string of the molecule is CC/C=C\C[C@H](O)/C=C/C=C\C/C=C\C=C\[C@H](O)/C=C\CCCC(=O)O[C@H](COC(=O)CCCCCCC/C=C\CCCCCCCC)COP(=O)([O-])OCC[N+](C)(C)C. The van der Waals surface area contributed by atoms with Crippen LogP contribution in [0.3, 0.4) is 0 Å². The molecule has 0 aliphatic rings. The summed E-state index contributed by atoms with van der Waals surface area (Å²) in [6.45, 7) is 3.77. The number of hydrogen-bond donors (Lipinski definition) is 2. The van der Waals surface area contributed by atoms with E-state index in [0.717, 1.165) is 44.9 Å². The number of unbranched alkanes of at least 4 members (excludes halogenated alkanes) is 12. The summed E-state index contributed by atoms with van der Waals surface area (Å²) < 4.78 is 33.7. The van der Waals surface area contributed by atoms with Crippen molar-refractivity contribution >= 4 is 19.8 Å². The predicted molar refractivity (Wildman–Crippen MR) is 243 cm³/mol. The van der Waals surface area contributed by atoms with E-state index in [2.05, 4.69) is 26.0 Å². The summed E-state index contributed by atoms with van der Waals surface area (Å²) in [5.41, 5.74) is 0. The summed E-state index contributed by atoms with van der Waals surface area (Å²) in [4.78, 5) is 37.6. The Bertz CT molecular complexity index is 1330. The van der Waals surface area contributed by atoms with Crippen molar-refractivity contribution in [3.05, 3.63) is 85.1 Å². The number of hydrogen-bond acceptors (Lipinski definition) is 10. The van der Waals surface area contributed by atoms with Crippen LogP contribution in [-0.4, -0.2) is 92.5 Å². The maximum absolute atomic E-state index is 12.7. The average Bonchev–Trinajstić information content (AvgIpc) is 3.19. The van der Waals surface area contributed by atoms with Crippen LogP contribution < -0.4 is 4.89 Å². The van der Waals surface area contributed by atoms with Gasteiger partial charge in [0.15, 0.2) is 6.10 Å². The molecule has 0 aromatic rings. The van der Waals surface area contributed by atoms with Gasteiger partial charge in [-0.1, -0.05) is 150 Å². The molecule has 0 aromatic carbocycles. The van der Waals surface area contributed by atoms with Gasteiger partial charge < -0.3 is 38.1 Å². The summed E-state index contributed by atoms with van der Waals surface area (Å²) in [5, 5.41) is 20.0. The van der Waals surface area contributed by atoms with Gasteiger partial charge in [-0.15, -0.1) is 0 Å². The number of phosphoric ester groups is 1. The van der Waals surface area contributed by atoms with Gasteiger partial charge in [-0.3, -0.25) is 14.2 Å². The second-order valence-corrected chi connectivity index (χ2v) is 17.5. The molecule has 0 aliphatic carbocycles. The molecular weight excluding hydrogens is 781 g/mol. The maximum Gasteiger partial charge on any atom is 0.306 e. The number of carbonyl (C=O) groups excluding carboxylic acids is 2. The number of rotatable bonds is 39. The van der Waals surface area contributed by atoms with E-state index in [1.54, 1.807) is 30.4 Å². The fraction of sp³-hybridized carbons (Fsp3) is 0.667. The van der Waals surface area contributed by atoms with Crippen molar-refractivity contribution in [1.82, 2.24) is 0 Å². The number of allylic oxidation sites excluding steroid dienone is 10. The third-order valence-electron chi connectivity index (χ3n) is 9.07. The van der Waals surface area contributed by atoms with Crippen LogP contribution in [0.1, 0.15) is 142 Å². The molecule has 0 bridgehead atoms. The molecule has 0 spiro atoms. The first kappa shape index (κ1) is 57.1. The van der Waals surface area contributed by atoms with Crippen LogP contribution in [0.25, 0.3) is 0 Å². The number of esters is 2. The summed E-state index contributed by atoms with van der Waals surface area (Å²) in [7, 11) is 1.02. The fourth-order valence-corrected chi connectivity index (χ4v) is 6.23. The predicted octanol–water partition coefficient (Wildman–Crippen LogP) is 10.1. The van der Waals surface area contributed by atoms with E-state index < -0.39 is 44.7 Å². The first-order valence-electron chi connectivity index (χ1n) is 22.5. The van der Waals surface area contributed by atoms with Crippen molar-refractivity contribution in [2.45, 2.75) is 161 Å². The largest absolute Gasteiger partial charge is 0.756 e. The topological polar surface area (TPSA) is 152 Å². The zero-order valence-corrected chi connectivity index (χ0v) is 38.7. The van der Waals surface area contributed by atoms with Gasteiger partial charge in [0.25, 0.3) is 7.82 Å². The smallest absolute Gasteiger partial charge is 0.306 e. The highest BCUT2D eigenvalue weighted by atomic mass is 31.2. The molecule has 0 aliphatic heterocycles. The van der Waals surface area contributed by atoms with Crippen molar-refractivity contribution in [3.8, 4) is 0 Å². The summed E-state index contributed by atoms with van der Waals surface area (Å²) in [6, 6.07) is 0. The van der Waals surface area contributed by atoms with Crippen LogP contribution in [0.5, 0.6) is 0 Å². The van der Waals surface area contributed by atoms with Gasteiger partial charge in [-0.25, -0.2) is 0 Å². The molecule has 0 saturated heterocycles. The Labute approximate surface area is 364 Å². The van der Waals surface area contributed by atoms with E-state index in [-0.39, 0.29) is 26.1 Å². The molecule has 1 unspecified atom stereocenters. The van der Waals surface area contributed by atoms with Gasteiger partial charge in [0.2, 0.25) is 0 Å². The van der Waals surface area contributed by atoms with Crippen LogP contribution in [-0.2, 0) is 32.7 Å². The zero-order valence-electron chi connectivity index (χ0n) is 37.8. The van der Waals surface area contributed by atoms with Crippen LogP contribution in [0.4, 0.5) is 0 Å². The van der Waals surface area contributed by atoms with Crippen molar-refractivity contribution in [3.63, 3.8) is 0 Å². The Morgan fingerprint density at radius 2 is 1.25 bits per heavy atom. The Morgan fingerprint density at radius 3 is 1.90 bits per heavy atom. The van der Waals surface area contributed by atoms with Crippen LogP contribution in [0.15, 0.2) is 85.1 Å². The Balaban J connectivity index is 4.64. The molecule has 0 aromatic heterocycles. The lowest BCUT2D eigenvalue weighted by atomic mass is 10.1. The minimum atomic E-state index is -4.69. The van der Waals surface area contributed by atoms with Gasteiger partial charge in [-0.2, -0.15) is 0 Å². The molecule has 4 atom stereocenters. The number of phosphoric acid groups is 1. The molecule has 0 fully saturated rings. The van der Waals surface area contributed by atoms with Gasteiger partial charge in [0.05, 0.1) is 40.0 Å². The van der Waals surface area contributed by atoms with E-state index in [1.807, 2.05) is 63.7 Å². The van der Waals surface area contributed by atoms with E-state index in [9.17, 15) is 29.3 Å². The van der Waals surface area contributed by atoms with E-state index >= 15 is 0 Å². The van der Waals surface area contributed by atoms with E-state index in [0.29, 0.717) is 43.1 Å². The lowest BCUT2D eigenvalue weighted by molar-refractivity contribution is -0.870. The van der Waals surface area contributed by atoms with Crippen molar-refractivity contribution in [2.75, 3.05) is 47.5 Å². The number of aliphatic hydroxyl groups is 2. The first-order valence-corrected chi connectivity index (χ1v) is 24.0. The minimum absolute atomic E-state index is 0.0327. The lowest BCUT2D eigenvalue weighted by Crippen LogP contribution is -2.37. The van der Waals surface area contributed by atoms with Gasteiger partial charge in [0.1, 0.15) is 19.8 Å². The highest BCUT2D eigenvalue weighted by molar-refractivity contribution is 7.45. The van der Waals surface area contributed by atoms with E-state index in [1.165, 1.54) is 38.5 Å². The van der Waals surface area contributed by atoms with Crippen molar-refractivity contribution < 1.29 is 52.3 Å². The molecule has 60 heavy (non-hydrogen) atoms. The number of quaternary nitrogens is 1. The zero-order chi connectivity index (χ0) is 44.6. The normalized spacial score (nSPS) is 15.4. The Kier molecular flexibility index (Phi) is 37.1. The van der Waals surface area contributed by atoms with Gasteiger partial charge >= 0.3 is 11.9 Å². The minimum Gasteiger partial charge on any atom is -0.756 e. The molecule has 0 saturated carbocycles. The molecule has 0 radical (unpaired) electrons. The highest BCUT2D eigenvalue weighted by Gasteiger charge is 2.21. The quantitative estimate of drug-likeness (QED) is 0.0153. The molecule has 2 N–H and O–H groups in total. The average molecular weight is 864 g/mol. The third kappa shape index (κ3) is 41.8. The number of carbonyl (C=O) groups is 2. The maximum atomic E-state index is 12.7. The standard InChI is InChI=1S/C48H82NO10P/c1-6-8-10-11-12-13-14-15-16-17-18-19-23-26-32-38-47(52)56-42-46(43-58-60(54,55)57-41-40-49(3,4)5)59-48(53)39-33-27-31-37-45(51)36-30-25-22-20-21-24-29-35-44(50)34-28-9-7-2/h9,15-16,21-22,24-25,28-31,35-37,44-46,50-51H,6-8,10-14,17-20,23,26-27,32-34,38-43H2,1-5H3/b16-15-,24-21-,25-22-,28-9-,35-29+,36-30+,37-31-/t44-,45-,46+/m0/s1. The molecule has 0 heterocycles. The summed E-state index contributed by atoms with van der Waals surface area (Å²) >= 11 is 0. The Hall–Kier alpha value is -2.89. The Morgan fingerprint density at radius 1 is 0.650 bits per heavy atom. The third-order valence-corrected chi connectivity index (χ3v) is 10.0.